The van der Waals surface area contributed by atoms with Gasteiger partial charge in [0.05, 0.1) is 11.1 Å². The quantitative estimate of drug-likeness (QED) is 0.445. The van der Waals surface area contributed by atoms with Crippen LogP contribution in [0, 0.1) is 10.5 Å². The van der Waals surface area contributed by atoms with Gasteiger partial charge >= 0.3 is 0 Å². The zero-order valence-corrected chi connectivity index (χ0v) is 15.1. The minimum atomic E-state index is -1.02. The van der Waals surface area contributed by atoms with Gasteiger partial charge in [0.15, 0.2) is 5.65 Å². The van der Waals surface area contributed by atoms with E-state index in [9.17, 15) is 0 Å². The van der Waals surface area contributed by atoms with Gasteiger partial charge in [0.1, 0.15) is 6.73 Å². The van der Waals surface area contributed by atoms with Gasteiger partial charge < -0.3 is 4.74 Å². The summed E-state index contributed by atoms with van der Waals surface area (Å²) >= 11 is 2.32. The van der Waals surface area contributed by atoms with E-state index in [0.29, 0.717) is 6.73 Å². The Kier molecular flexibility index (Phi) is 4.62. The predicted octanol–water partition coefficient (Wildman–Crippen LogP) is 3.66. The van der Waals surface area contributed by atoms with Crippen molar-refractivity contribution >= 4 is 41.7 Å². The molecular weight excluding hydrogens is 369 g/mol. The van der Waals surface area contributed by atoms with Crippen LogP contribution in [0.3, 0.4) is 0 Å². The summed E-state index contributed by atoms with van der Waals surface area (Å²) in [6.07, 6.45) is 1.82. The van der Waals surface area contributed by atoms with Crippen LogP contribution in [0.15, 0.2) is 12.3 Å². The van der Waals surface area contributed by atoms with Gasteiger partial charge in [-0.25, -0.2) is 9.67 Å². The molecule has 0 aromatic carbocycles. The zero-order chi connectivity index (χ0) is 14.0. The summed E-state index contributed by atoms with van der Waals surface area (Å²) in [5.74, 6) is 0. The van der Waals surface area contributed by atoms with E-state index in [-0.39, 0.29) is 0 Å². The van der Waals surface area contributed by atoms with Crippen LogP contribution in [-0.4, -0.2) is 29.4 Å². The van der Waals surface area contributed by atoms with Crippen LogP contribution in [-0.2, 0) is 11.5 Å². The molecule has 4 nitrogen and oxygen atoms in total. The molecule has 0 saturated carbocycles. The third-order valence-corrected chi connectivity index (χ3v) is 5.57. The maximum atomic E-state index is 5.75. The normalized spacial score (nSPS) is 12.3. The molecule has 0 radical (unpaired) electrons. The molecule has 19 heavy (non-hydrogen) atoms. The molecule has 2 aromatic heterocycles. The first-order valence-electron chi connectivity index (χ1n) is 6.44. The number of nitrogens with zero attached hydrogens (tertiary/aromatic N) is 3. The second-order valence-corrected chi connectivity index (χ2v) is 12.7. The fourth-order valence-electron chi connectivity index (χ4n) is 1.86. The lowest BCUT2D eigenvalue weighted by molar-refractivity contribution is 0.0811. The summed E-state index contributed by atoms with van der Waals surface area (Å²) in [6.45, 7) is 10.4. The van der Waals surface area contributed by atoms with Crippen molar-refractivity contribution < 1.29 is 4.74 Å². The second kappa shape index (κ2) is 5.88. The third-order valence-electron chi connectivity index (χ3n) is 2.97. The van der Waals surface area contributed by atoms with Crippen LogP contribution in [0.4, 0.5) is 0 Å². The Hall–Kier alpha value is -0.473. The lowest BCUT2D eigenvalue weighted by Crippen LogP contribution is -2.22. The average Bonchev–Trinajstić information content (AvgIpc) is 2.62. The van der Waals surface area contributed by atoms with Gasteiger partial charge in [0.2, 0.25) is 0 Å². The van der Waals surface area contributed by atoms with Gasteiger partial charge in [-0.3, -0.25) is 0 Å². The summed E-state index contributed by atoms with van der Waals surface area (Å²) in [4.78, 5) is 4.41. The zero-order valence-electron chi connectivity index (χ0n) is 11.9. The molecule has 0 aliphatic rings. The number of halogens is 1. The van der Waals surface area contributed by atoms with Gasteiger partial charge in [0, 0.05) is 24.4 Å². The van der Waals surface area contributed by atoms with Crippen LogP contribution >= 0.6 is 22.6 Å². The molecular formula is C13H20IN3OSi. The van der Waals surface area contributed by atoms with Crippen molar-refractivity contribution in [1.29, 1.82) is 0 Å². The molecule has 0 aliphatic heterocycles. The molecule has 0 unspecified atom stereocenters. The molecule has 0 amide bonds. The lowest BCUT2D eigenvalue weighted by Gasteiger charge is -2.15. The third kappa shape index (κ3) is 3.76. The molecule has 2 aromatic rings. The summed E-state index contributed by atoms with van der Waals surface area (Å²) < 4.78 is 8.80. The fraction of sp³-hybridized carbons (Fsp3) is 0.538. The lowest BCUT2D eigenvalue weighted by atomic mass is 10.3. The molecule has 0 aliphatic carbocycles. The number of ether oxygens (including phenoxy) is 1. The maximum Gasteiger partial charge on any atom is 0.161 e. The van der Waals surface area contributed by atoms with Crippen molar-refractivity contribution in [1.82, 2.24) is 14.8 Å². The van der Waals surface area contributed by atoms with Crippen molar-refractivity contribution in [2.24, 2.45) is 0 Å². The van der Waals surface area contributed by atoms with E-state index < -0.39 is 8.07 Å². The summed E-state index contributed by atoms with van der Waals surface area (Å²) in [5, 5.41) is 5.66. The topological polar surface area (TPSA) is 39.9 Å². The number of aromatic nitrogens is 3. The fourth-order valence-corrected chi connectivity index (χ4v) is 3.41. The Morgan fingerprint density at radius 3 is 2.79 bits per heavy atom. The molecule has 2 heterocycles. The minimum Gasteiger partial charge on any atom is -0.359 e. The standard InChI is InChI=1S/C13H20IN3OSi/c1-10-12-11(14)5-6-15-13(12)17(16-10)9-18-7-8-19(2,3)4/h5-6H,7-9H2,1-4H3. The Balaban J connectivity index is 2.08. The van der Waals surface area contributed by atoms with Gasteiger partial charge in [-0.2, -0.15) is 5.10 Å². The highest BCUT2D eigenvalue weighted by Gasteiger charge is 2.14. The first-order chi connectivity index (χ1) is 8.88. The minimum absolute atomic E-state index is 0.488. The number of hydrogen-bond donors (Lipinski definition) is 0. The first-order valence-corrected chi connectivity index (χ1v) is 11.2. The largest absolute Gasteiger partial charge is 0.359 e. The molecule has 0 saturated heterocycles. The van der Waals surface area contributed by atoms with Crippen LogP contribution in [0.25, 0.3) is 11.0 Å². The van der Waals surface area contributed by atoms with E-state index in [4.69, 9.17) is 4.74 Å². The highest BCUT2D eigenvalue weighted by Crippen LogP contribution is 2.21. The predicted molar refractivity (Wildman–Crippen MR) is 89.1 cm³/mol. The Labute approximate surface area is 128 Å². The monoisotopic (exact) mass is 389 g/mol. The Morgan fingerprint density at radius 2 is 2.11 bits per heavy atom. The highest BCUT2D eigenvalue weighted by molar-refractivity contribution is 14.1. The van der Waals surface area contributed by atoms with Gasteiger partial charge in [-0.1, -0.05) is 19.6 Å². The number of aryl methyl sites for hydroxylation is 1. The van der Waals surface area contributed by atoms with Gasteiger partial charge in [-0.15, -0.1) is 0 Å². The van der Waals surface area contributed by atoms with E-state index in [0.717, 1.165) is 23.3 Å². The van der Waals surface area contributed by atoms with Crippen LogP contribution in [0.1, 0.15) is 5.69 Å². The number of rotatable bonds is 5. The van der Waals surface area contributed by atoms with Crippen molar-refractivity contribution in [3.05, 3.63) is 21.5 Å². The van der Waals surface area contributed by atoms with E-state index in [1.165, 1.54) is 9.61 Å². The number of hydrogen-bond acceptors (Lipinski definition) is 3. The average molecular weight is 389 g/mol. The van der Waals surface area contributed by atoms with Crippen molar-refractivity contribution in [3.63, 3.8) is 0 Å². The Bertz CT molecular complexity index is 577. The van der Waals surface area contributed by atoms with Crippen molar-refractivity contribution in [3.8, 4) is 0 Å². The van der Waals surface area contributed by atoms with Crippen molar-refractivity contribution in [2.45, 2.75) is 39.3 Å². The molecule has 0 spiro atoms. The van der Waals surface area contributed by atoms with Crippen LogP contribution < -0.4 is 0 Å². The molecule has 104 valence electrons. The number of fused-ring (bicyclic) bond motifs is 1. The maximum absolute atomic E-state index is 5.75. The van der Waals surface area contributed by atoms with E-state index >= 15 is 0 Å². The van der Waals surface area contributed by atoms with Crippen LogP contribution in [0.5, 0.6) is 0 Å². The number of pyridine rings is 1. The summed E-state index contributed by atoms with van der Waals surface area (Å²) in [7, 11) is -1.02. The van der Waals surface area contributed by atoms with E-state index in [1.807, 2.05) is 23.9 Å². The molecule has 0 bridgehead atoms. The first kappa shape index (κ1) is 14.9. The molecule has 2 rings (SSSR count). The smallest absolute Gasteiger partial charge is 0.161 e. The molecule has 6 heteroatoms. The van der Waals surface area contributed by atoms with Crippen LogP contribution in [0.2, 0.25) is 25.7 Å². The summed E-state index contributed by atoms with van der Waals surface area (Å²) in [5.41, 5.74) is 1.93. The highest BCUT2D eigenvalue weighted by atomic mass is 127. The van der Waals surface area contributed by atoms with Crippen molar-refractivity contribution in [2.75, 3.05) is 6.61 Å². The SMILES string of the molecule is Cc1nn(COCC[Si](C)(C)C)c2nccc(I)c12. The molecule has 0 fully saturated rings. The molecule has 0 atom stereocenters. The van der Waals surface area contributed by atoms with Gasteiger partial charge in [-0.05, 0) is 41.6 Å². The van der Waals surface area contributed by atoms with Gasteiger partial charge in [0.25, 0.3) is 0 Å². The van der Waals surface area contributed by atoms with E-state index in [1.54, 1.807) is 0 Å². The second-order valence-electron chi connectivity index (χ2n) is 5.92. The molecule has 0 N–H and O–H groups in total. The Morgan fingerprint density at radius 1 is 1.37 bits per heavy atom. The van der Waals surface area contributed by atoms with E-state index in [2.05, 4.69) is 52.3 Å². The summed E-state index contributed by atoms with van der Waals surface area (Å²) in [6, 6.07) is 3.18.